The fraction of sp³-hybridized carbons (Fsp3) is 0.500. The van der Waals surface area contributed by atoms with Gasteiger partial charge in [0.25, 0.3) is 5.91 Å². The number of morpholine rings is 1. The zero-order valence-electron chi connectivity index (χ0n) is 21.5. The third-order valence-corrected chi connectivity index (χ3v) is 5.93. The Labute approximate surface area is 211 Å². The number of halogens is 2. The van der Waals surface area contributed by atoms with Crippen LogP contribution in [0.25, 0.3) is 11.0 Å². The lowest BCUT2D eigenvalue weighted by Gasteiger charge is -2.28. The highest BCUT2D eigenvalue weighted by Gasteiger charge is 2.19. The topological polar surface area (TPSA) is 82.6 Å². The molecule has 196 valence electrons. The molecule has 36 heavy (non-hydrogen) atoms. The molecular weight excluding hydrogens is 466 g/mol. The summed E-state index contributed by atoms with van der Waals surface area (Å²) in [6, 6.07) is 3.27. The molecule has 8 nitrogen and oxygen atoms in total. The average molecular weight is 503 g/mol. The van der Waals surface area contributed by atoms with E-state index in [0.717, 1.165) is 37.1 Å². The standard InChI is InChI=1S/C26H36F2N6O2/c1-5-20(27)16-21(28)6-7-29-18(2)22-14-19(26(35)30-8-9-33(3)4)15-23-25(22)32-24(17-31-23)34-10-12-36-13-11-34/h6,14-18,29H,5,7-13H2,1-4H3,(H,30,35)/b20-16+,21-6+/t18-/m1/s1. The van der Waals surface area contributed by atoms with Gasteiger partial charge in [0.05, 0.1) is 30.4 Å². The van der Waals surface area contributed by atoms with Crippen LogP contribution in [0.3, 0.4) is 0 Å². The minimum atomic E-state index is -0.637. The van der Waals surface area contributed by atoms with Crippen LogP contribution in [0.4, 0.5) is 14.6 Å². The maximum absolute atomic E-state index is 14.0. The Balaban J connectivity index is 1.90. The van der Waals surface area contributed by atoms with Gasteiger partial charge in [0.1, 0.15) is 17.5 Å². The molecule has 2 aromatic rings. The van der Waals surface area contributed by atoms with E-state index in [1.165, 1.54) is 6.08 Å². The molecule has 2 N–H and O–H groups in total. The molecule has 1 saturated heterocycles. The van der Waals surface area contributed by atoms with Crippen LogP contribution < -0.4 is 15.5 Å². The summed E-state index contributed by atoms with van der Waals surface area (Å²) < 4.78 is 32.7. The van der Waals surface area contributed by atoms with Gasteiger partial charge in [-0.05, 0) is 51.2 Å². The number of allylic oxidation sites excluding steroid dienone is 3. The van der Waals surface area contributed by atoms with Crippen molar-refractivity contribution in [2.24, 2.45) is 0 Å². The predicted octanol–water partition coefficient (Wildman–Crippen LogP) is 3.53. The molecule has 1 aliphatic heterocycles. The fourth-order valence-electron chi connectivity index (χ4n) is 3.79. The summed E-state index contributed by atoms with van der Waals surface area (Å²) in [7, 11) is 3.89. The first-order valence-corrected chi connectivity index (χ1v) is 12.3. The van der Waals surface area contributed by atoms with Crippen molar-refractivity contribution in [1.29, 1.82) is 0 Å². The highest BCUT2D eigenvalue weighted by molar-refractivity contribution is 5.98. The van der Waals surface area contributed by atoms with Crippen molar-refractivity contribution in [1.82, 2.24) is 25.5 Å². The first-order valence-electron chi connectivity index (χ1n) is 12.3. The predicted molar refractivity (Wildman–Crippen MR) is 139 cm³/mol. The normalized spacial score (nSPS) is 16.0. The van der Waals surface area contributed by atoms with Gasteiger partial charge < -0.3 is 25.2 Å². The number of amides is 1. The SMILES string of the molecule is CC/C(F)=C\C(F)=C/CN[C@H](C)c1cc(C(=O)NCCN(C)C)cc2ncc(N3CCOCC3)nc12. The van der Waals surface area contributed by atoms with Crippen molar-refractivity contribution in [2.45, 2.75) is 26.3 Å². The van der Waals surface area contributed by atoms with Crippen molar-refractivity contribution in [2.75, 3.05) is 64.9 Å². The lowest BCUT2D eigenvalue weighted by molar-refractivity contribution is 0.0951. The van der Waals surface area contributed by atoms with Crippen molar-refractivity contribution in [3.63, 3.8) is 0 Å². The lowest BCUT2D eigenvalue weighted by atomic mass is 10.0. The van der Waals surface area contributed by atoms with E-state index < -0.39 is 11.7 Å². The summed E-state index contributed by atoms with van der Waals surface area (Å²) in [4.78, 5) is 26.5. The molecule has 10 heteroatoms. The van der Waals surface area contributed by atoms with Crippen molar-refractivity contribution >= 4 is 22.8 Å². The van der Waals surface area contributed by atoms with Crippen LogP contribution >= 0.6 is 0 Å². The second-order valence-electron chi connectivity index (χ2n) is 8.98. The zero-order chi connectivity index (χ0) is 26.1. The van der Waals surface area contributed by atoms with E-state index >= 15 is 0 Å². The molecule has 1 aromatic heterocycles. The zero-order valence-corrected chi connectivity index (χ0v) is 21.5. The van der Waals surface area contributed by atoms with E-state index in [-0.39, 0.29) is 24.9 Å². The molecule has 1 aromatic carbocycles. The Morgan fingerprint density at radius 1 is 1.28 bits per heavy atom. The number of likely N-dealkylation sites (N-methyl/N-ethyl adjacent to an activating group) is 1. The molecule has 0 aliphatic carbocycles. The summed E-state index contributed by atoms with van der Waals surface area (Å²) in [6.07, 6.45) is 4.04. The minimum absolute atomic E-state index is 0.143. The molecule has 2 heterocycles. The number of ether oxygens (including phenoxy) is 1. The molecule has 1 fully saturated rings. The monoisotopic (exact) mass is 502 g/mol. The number of hydrogen-bond acceptors (Lipinski definition) is 7. The molecule has 0 saturated carbocycles. The van der Waals surface area contributed by atoms with Crippen LogP contribution in [0.5, 0.6) is 0 Å². The Kier molecular flexibility index (Phi) is 10.3. The van der Waals surface area contributed by atoms with Crippen LogP contribution in [-0.2, 0) is 4.74 Å². The number of rotatable bonds is 11. The number of nitrogens with one attached hydrogen (secondary N) is 2. The molecule has 0 radical (unpaired) electrons. The van der Waals surface area contributed by atoms with E-state index in [9.17, 15) is 13.6 Å². The lowest BCUT2D eigenvalue weighted by Crippen LogP contribution is -2.36. The first kappa shape index (κ1) is 27.6. The van der Waals surface area contributed by atoms with Crippen LogP contribution in [0.2, 0.25) is 0 Å². The number of benzene rings is 1. The van der Waals surface area contributed by atoms with Crippen molar-refractivity contribution in [3.05, 3.63) is 53.3 Å². The van der Waals surface area contributed by atoms with Gasteiger partial charge in [0.15, 0.2) is 0 Å². The van der Waals surface area contributed by atoms with E-state index in [1.807, 2.05) is 25.9 Å². The first-order chi connectivity index (χ1) is 17.3. The van der Waals surface area contributed by atoms with Crippen molar-refractivity contribution < 1.29 is 18.3 Å². The highest BCUT2D eigenvalue weighted by Crippen LogP contribution is 2.26. The van der Waals surface area contributed by atoms with Gasteiger partial charge in [-0.2, -0.15) is 0 Å². The summed E-state index contributed by atoms with van der Waals surface area (Å²) >= 11 is 0. The van der Waals surface area contributed by atoms with Crippen LogP contribution in [0, 0.1) is 0 Å². The van der Waals surface area contributed by atoms with Crippen LogP contribution in [0.15, 0.2) is 42.1 Å². The third-order valence-electron chi connectivity index (χ3n) is 5.93. The van der Waals surface area contributed by atoms with Gasteiger partial charge in [-0.1, -0.05) is 6.92 Å². The third kappa shape index (κ3) is 7.78. The van der Waals surface area contributed by atoms with Gasteiger partial charge in [0.2, 0.25) is 0 Å². The molecule has 1 amide bonds. The van der Waals surface area contributed by atoms with E-state index in [4.69, 9.17) is 9.72 Å². The van der Waals surface area contributed by atoms with Gasteiger partial charge >= 0.3 is 0 Å². The van der Waals surface area contributed by atoms with Crippen LogP contribution in [-0.4, -0.2) is 80.8 Å². The largest absolute Gasteiger partial charge is 0.378 e. The maximum Gasteiger partial charge on any atom is 0.251 e. The summed E-state index contributed by atoms with van der Waals surface area (Å²) in [5, 5.41) is 6.16. The molecule has 0 unspecified atom stereocenters. The summed E-state index contributed by atoms with van der Waals surface area (Å²) in [5.74, 6) is -0.602. The number of carbonyl (C=O) groups is 1. The molecule has 1 atom stereocenters. The molecule has 0 spiro atoms. The molecule has 3 rings (SSSR count). The molecular formula is C26H36F2N6O2. The van der Waals surface area contributed by atoms with Gasteiger partial charge in [-0.3, -0.25) is 9.78 Å². The number of anilines is 1. The smallest absolute Gasteiger partial charge is 0.251 e. The quantitative estimate of drug-likeness (QED) is 0.455. The number of aromatic nitrogens is 2. The Hall–Kier alpha value is -2.95. The second-order valence-corrected chi connectivity index (χ2v) is 8.98. The van der Waals surface area contributed by atoms with Crippen molar-refractivity contribution in [3.8, 4) is 0 Å². The fourth-order valence-corrected chi connectivity index (χ4v) is 3.79. The minimum Gasteiger partial charge on any atom is -0.378 e. The summed E-state index contributed by atoms with van der Waals surface area (Å²) in [5.41, 5.74) is 2.53. The Morgan fingerprint density at radius 2 is 2.03 bits per heavy atom. The average Bonchev–Trinajstić information content (AvgIpc) is 2.87. The maximum atomic E-state index is 14.0. The van der Waals surface area contributed by atoms with E-state index in [2.05, 4.69) is 20.5 Å². The highest BCUT2D eigenvalue weighted by atomic mass is 19.1. The Morgan fingerprint density at radius 3 is 2.72 bits per heavy atom. The number of fused-ring (bicyclic) bond motifs is 1. The number of carbonyl (C=O) groups excluding carboxylic acids is 1. The van der Waals surface area contributed by atoms with E-state index in [0.29, 0.717) is 36.4 Å². The van der Waals surface area contributed by atoms with Gasteiger partial charge in [-0.25, -0.2) is 13.8 Å². The van der Waals surface area contributed by atoms with Crippen LogP contribution in [0.1, 0.15) is 42.2 Å². The number of nitrogens with zero attached hydrogens (tertiary/aromatic N) is 4. The van der Waals surface area contributed by atoms with Gasteiger partial charge in [-0.15, -0.1) is 0 Å². The van der Waals surface area contributed by atoms with Gasteiger partial charge in [0, 0.05) is 50.4 Å². The second kappa shape index (κ2) is 13.4. The molecule has 0 bridgehead atoms. The van der Waals surface area contributed by atoms with E-state index in [1.54, 1.807) is 25.3 Å². The Bertz CT molecular complexity index is 1100. The molecule has 1 aliphatic rings. The summed E-state index contributed by atoms with van der Waals surface area (Å²) in [6.45, 7) is 7.66. The number of hydrogen-bond donors (Lipinski definition) is 2.